The minimum absolute atomic E-state index is 0.00577. The van der Waals surface area contributed by atoms with E-state index in [-0.39, 0.29) is 41.0 Å². The lowest BCUT2D eigenvalue weighted by Crippen LogP contribution is -2.44. The Bertz CT molecular complexity index is 761. The second kappa shape index (κ2) is 7.72. The molecule has 28 heavy (non-hydrogen) atoms. The monoisotopic (exact) mass is 389 g/mol. The first kappa shape index (κ1) is 19.2. The van der Waals surface area contributed by atoms with Crippen LogP contribution in [-0.2, 0) is 4.79 Å². The molecule has 1 amide bonds. The van der Waals surface area contributed by atoms with Crippen molar-refractivity contribution < 1.29 is 23.5 Å². The Morgan fingerprint density at radius 3 is 2.64 bits per heavy atom. The van der Waals surface area contributed by atoms with E-state index in [9.17, 15) is 14.0 Å². The second-order valence-corrected chi connectivity index (χ2v) is 8.51. The van der Waals surface area contributed by atoms with Crippen LogP contribution >= 0.6 is 0 Å². The average molecular weight is 389 g/mol. The third-order valence-corrected chi connectivity index (χ3v) is 7.00. The molecule has 1 N–H and O–H groups in total. The van der Waals surface area contributed by atoms with Gasteiger partial charge in [-0.15, -0.1) is 0 Å². The van der Waals surface area contributed by atoms with Crippen molar-refractivity contribution in [3.63, 3.8) is 0 Å². The molecule has 1 aromatic rings. The van der Waals surface area contributed by atoms with E-state index >= 15 is 0 Å². The summed E-state index contributed by atoms with van der Waals surface area (Å²) in [5.74, 6) is 0.598. The van der Waals surface area contributed by atoms with Crippen LogP contribution in [0.15, 0.2) is 12.1 Å². The number of amides is 1. The number of benzene rings is 1. The van der Waals surface area contributed by atoms with E-state index < -0.39 is 5.82 Å². The smallest absolute Gasteiger partial charge is 0.255 e. The molecule has 0 unspecified atom stereocenters. The van der Waals surface area contributed by atoms with E-state index in [1.165, 1.54) is 19.2 Å². The van der Waals surface area contributed by atoms with Crippen LogP contribution in [0.4, 0.5) is 4.39 Å². The van der Waals surface area contributed by atoms with Crippen LogP contribution in [0.2, 0.25) is 0 Å². The molecule has 3 saturated carbocycles. The first-order valence-corrected chi connectivity index (χ1v) is 10.3. The first-order valence-electron chi connectivity index (χ1n) is 10.3. The number of aldehydes is 1. The molecule has 0 heterocycles. The van der Waals surface area contributed by atoms with E-state index in [0.717, 1.165) is 44.8 Å². The molecule has 5 nitrogen and oxygen atoms in total. The molecular weight excluding hydrogens is 361 g/mol. The zero-order valence-electron chi connectivity index (χ0n) is 16.4. The zero-order valence-corrected chi connectivity index (χ0v) is 16.4. The van der Waals surface area contributed by atoms with Gasteiger partial charge in [-0.2, -0.15) is 0 Å². The Morgan fingerprint density at radius 1 is 1.21 bits per heavy atom. The van der Waals surface area contributed by atoms with Gasteiger partial charge in [-0.25, -0.2) is 4.39 Å². The summed E-state index contributed by atoms with van der Waals surface area (Å²) in [7, 11) is 1.41. The van der Waals surface area contributed by atoms with Crippen LogP contribution in [0, 0.1) is 29.5 Å². The summed E-state index contributed by atoms with van der Waals surface area (Å²) >= 11 is 0. The quantitative estimate of drug-likeness (QED) is 0.722. The number of halogens is 1. The van der Waals surface area contributed by atoms with Crippen molar-refractivity contribution >= 4 is 12.2 Å². The van der Waals surface area contributed by atoms with Gasteiger partial charge in [0.15, 0.2) is 11.6 Å². The SMILES string of the molecule is CCC1CC(Oc2cc(C(=O)N[C@@H]3[C@@H]4CC[C@@H](C4)[C@@H]3C=O)c(OC)cc2F)C1. The van der Waals surface area contributed by atoms with Crippen molar-refractivity contribution in [2.75, 3.05) is 7.11 Å². The summed E-state index contributed by atoms with van der Waals surface area (Å²) in [4.78, 5) is 24.5. The van der Waals surface area contributed by atoms with Crippen molar-refractivity contribution in [2.24, 2.45) is 23.7 Å². The molecule has 1 aromatic carbocycles. The summed E-state index contributed by atoms with van der Waals surface area (Å²) in [6.07, 6.45) is 6.97. The van der Waals surface area contributed by atoms with E-state index in [4.69, 9.17) is 9.47 Å². The third-order valence-electron chi connectivity index (χ3n) is 7.00. The average Bonchev–Trinajstić information content (AvgIpc) is 3.26. The highest BCUT2D eigenvalue weighted by Gasteiger charge is 2.48. The Kier molecular flexibility index (Phi) is 5.30. The predicted molar refractivity (Wildman–Crippen MR) is 102 cm³/mol. The van der Waals surface area contributed by atoms with E-state index in [1.54, 1.807) is 0 Å². The van der Waals surface area contributed by atoms with Gasteiger partial charge in [0.25, 0.3) is 5.91 Å². The van der Waals surface area contributed by atoms with Crippen molar-refractivity contribution in [3.05, 3.63) is 23.5 Å². The molecule has 0 spiro atoms. The molecule has 3 aliphatic rings. The highest BCUT2D eigenvalue weighted by Crippen LogP contribution is 2.48. The molecule has 4 rings (SSSR count). The molecule has 3 aliphatic carbocycles. The molecule has 3 fully saturated rings. The van der Waals surface area contributed by atoms with Gasteiger partial charge in [-0.1, -0.05) is 13.3 Å². The van der Waals surface area contributed by atoms with Gasteiger partial charge >= 0.3 is 0 Å². The molecule has 4 atom stereocenters. The van der Waals surface area contributed by atoms with Crippen molar-refractivity contribution in [1.82, 2.24) is 5.32 Å². The first-order chi connectivity index (χ1) is 13.5. The normalized spacial score (nSPS) is 33.2. The van der Waals surface area contributed by atoms with E-state index in [2.05, 4.69) is 12.2 Å². The number of carbonyl (C=O) groups is 2. The number of hydrogen-bond donors (Lipinski definition) is 1. The summed E-state index contributed by atoms with van der Waals surface area (Å²) < 4.78 is 25.5. The van der Waals surface area contributed by atoms with Crippen molar-refractivity contribution in [3.8, 4) is 11.5 Å². The van der Waals surface area contributed by atoms with Gasteiger partial charge in [0.1, 0.15) is 12.0 Å². The fraction of sp³-hybridized carbons (Fsp3) is 0.636. The third kappa shape index (κ3) is 3.38. The summed E-state index contributed by atoms with van der Waals surface area (Å²) in [5, 5.41) is 3.02. The van der Waals surface area contributed by atoms with Crippen molar-refractivity contribution in [2.45, 2.75) is 57.6 Å². The Balaban J connectivity index is 1.51. The lowest BCUT2D eigenvalue weighted by Gasteiger charge is -2.35. The maximum Gasteiger partial charge on any atom is 0.255 e. The van der Waals surface area contributed by atoms with Gasteiger partial charge in [0.2, 0.25) is 0 Å². The number of fused-ring (bicyclic) bond motifs is 2. The minimum Gasteiger partial charge on any atom is -0.496 e. The van der Waals surface area contributed by atoms with Crippen LogP contribution in [0.1, 0.15) is 55.8 Å². The maximum absolute atomic E-state index is 14.4. The molecule has 2 bridgehead atoms. The minimum atomic E-state index is -0.529. The molecular formula is C22H28FNO4. The van der Waals surface area contributed by atoms with Crippen LogP contribution in [-0.4, -0.2) is 31.4 Å². The molecule has 0 aliphatic heterocycles. The van der Waals surface area contributed by atoms with E-state index in [1.807, 2.05) is 0 Å². The lowest BCUT2D eigenvalue weighted by molar-refractivity contribution is -0.113. The highest BCUT2D eigenvalue weighted by molar-refractivity contribution is 5.97. The highest BCUT2D eigenvalue weighted by atomic mass is 19.1. The van der Waals surface area contributed by atoms with Crippen LogP contribution in [0.25, 0.3) is 0 Å². The Labute approximate surface area is 165 Å². The number of nitrogens with one attached hydrogen (secondary N) is 1. The summed E-state index contributed by atoms with van der Waals surface area (Å²) in [5.41, 5.74) is 0.248. The number of methoxy groups -OCH3 is 1. The van der Waals surface area contributed by atoms with Crippen molar-refractivity contribution in [1.29, 1.82) is 0 Å². The van der Waals surface area contributed by atoms with Crippen LogP contribution < -0.4 is 14.8 Å². The zero-order chi connectivity index (χ0) is 19.8. The summed E-state index contributed by atoms with van der Waals surface area (Å²) in [6, 6.07) is 2.49. The van der Waals surface area contributed by atoms with Gasteiger partial charge in [-0.3, -0.25) is 4.79 Å². The van der Waals surface area contributed by atoms with Gasteiger partial charge in [0.05, 0.1) is 18.8 Å². The van der Waals surface area contributed by atoms with E-state index in [0.29, 0.717) is 17.8 Å². The standard InChI is InChI=1S/C22H28FNO4/c1-3-12-6-15(7-12)28-20-9-16(19(27-2)10-18(20)23)22(26)24-21-14-5-4-13(8-14)17(21)11-25/h9-15,17,21H,3-8H2,1-2H3,(H,24,26)/t12?,13-,14+,15?,17-,21+/m0/s1. The largest absolute Gasteiger partial charge is 0.496 e. The summed E-state index contributed by atoms with van der Waals surface area (Å²) in [6.45, 7) is 2.14. The molecule has 0 aromatic heterocycles. The molecule has 0 radical (unpaired) electrons. The van der Waals surface area contributed by atoms with Crippen LogP contribution in [0.5, 0.6) is 11.5 Å². The number of ether oxygens (including phenoxy) is 2. The Morgan fingerprint density at radius 2 is 1.96 bits per heavy atom. The van der Waals surface area contributed by atoms with Gasteiger partial charge < -0.3 is 19.6 Å². The number of rotatable bonds is 7. The molecule has 0 saturated heterocycles. The second-order valence-electron chi connectivity index (χ2n) is 8.51. The fourth-order valence-corrected chi connectivity index (χ4v) is 5.23. The molecule has 152 valence electrons. The number of carbonyl (C=O) groups excluding carboxylic acids is 2. The molecule has 6 heteroatoms. The Hall–Kier alpha value is -2.11. The lowest BCUT2D eigenvalue weighted by atomic mass is 9.80. The fourth-order valence-electron chi connectivity index (χ4n) is 5.23. The maximum atomic E-state index is 14.4. The van der Waals surface area contributed by atoms with Crippen LogP contribution in [0.3, 0.4) is 0 Å². The topological polar surface area (TPSA) is 64.6 Å². The number of hydrogen-bond acceptors (Lipinski definition) is 4. The van der Waals surface area contributed by atoms with Gasteiger partial charge in [-0.05, 0) is 55.9 Å². The predicted octanol–water partition coefficient (Wildman–Crippen LogP) is 3.75. The van der Waals surface area contributed by atoms with Gasteiger partial charge in [0, 0.05) is 18.0 Å².